The van der Waals surface area contributed by atoms with Crippen LogP contribution in [0.25, 0.3) is 0 Å². The largest absolute Gasteiger partial charge is 0.465 e. The van der Waals surface area contributed by atoms with Crippen molar-refractivity contribution in [3.05, 3.63) is 29.8 Å². The van der Waals surface area contributed by atoms with E-state index in [1.807, 2.05) is 24.3 Å². The molecule has 0 atom stereocenters. The van der Waals surface area contributed by atoms with E-state index in [4.69, 9.17) is 9.84 Å². The molecule has 0 amide bonds. The zero-order valence-corrected chi connectivity index (χ0v) is 18.6. The topological polar surface area (TPSA) is 58.6 Å². The summed E-state index contributed by atoms with van der Waals surface area (Å²) in [6.45, 7) is 3.61. The van der Waals surface area contributed by atoms with Crippen LogP contribution in [0, 0.1) is 0 Å². The van der Waals surface area contributed by atoms with Crippen molar-refractivity contribution in [2.24, 2.45) is 0 Å². The normalized spacial score (nSPS) is 10.8. The quantitative estimate of drug-likeness (QED) is 0.210. The van der Waals surface area contributed by atoms with E-state index in [9.17, 15) is 4.79 Å². The molecule has 0 radical (unpaired) electrons. The van der Waals surface area contributed by atoms with Crippen LogP contribution < -0.4 is 5.32 Å². The fraction of sp³-hybridized carbons (Fsp3) is 0.720. The van der Waals surface area contributed by atoms with Crippen LogP contribution in [0.2, 0.25) is 0 Å². The standard InChI is InChI=1S/C25H43NO3/c1-2-3-4-5-6-7-8-9-10-11-12-13-19-26-24-17-15-23(16-18-24)22-25(28)29-21-14-20-27/h15-18,26-27H,2-14,19-22H2,1H3. The molecule has 29 heavy (non-hydrogen) atoms. The monoisotopic (exact) mass is 405 g/mol. The molecule has 0 aliphatic carbocycles. The summed E-state index contributed by atoms with van der Waals surface area (Å²) in [6, 6.07) is 7.99. The number of ether oxygens (including phenoxy) is 1. The van der Waals surface area contributed by atoms with Crippen LogP contribution in [0.15, 0.2) is 24.3 Å². The molecule has 0 spiro atoms. The molecular weight excluding hydrogens is 362 g/mol. The van der Waals surface area contributed by atoms with Crippen LogP contribution in [0.1, 0.15) is 96.0 Å². The zero-order chi connectivity index (χ0) is 21.0. The van der Waals surface area contributed by atoms with Gasteiger partial charge in [-0.3, -0.25) is 4.79 Å². The van der Waals surface area contributed by atoms with Crippen LogP contribution in [0.4, 0.5) is 5.69 Å². The number of esters is 1. The summed E-state index contributed by atoms with van der Waals surface area (Å²) in [5.41, 5.74) is 2.06. The molecule has 0 fully saturated rings. The third kappa shape index (κ3) is 15.0. The highest BCUT2D eigenvalue weighted by Gasteiger charge is 2.04. The Morgan fingerprint density at radius 1 is 0.828 bits per heavy atom. The van der Waals surface area contributed by atoms with Gasteiger partial charge in [-0.1, -0.05) is 89.7 Å². The second-order valence-electron chi connectivity index (χ2n) is 7.99. The number of hydrogen-bond donors (Lipinski definition) is 2. The first kappa shape index (κ1) is 25.5. The maximum absolute atomic E-state index is 11.7. The van der Waals surface area contributed by atoms with Crippen molar-refractivity contribution >= 4 is 11.7 Å². The summed E-state index contributed by atoms with van der Waals surface area (Å²) in [5.74, 6) is -0.240. The smallest absolute Gasteiger partial charge is 0.310 e. The van der Waals surface area contributed by atoms with Crippen LogP contribution in [0.3, 0.4) is 0 Å². The minimum atomic E-state index is -0.240. The lowest BCUT2D eigenvalue weighted by atomic mass is 10.1. The number of nitrogens with one attached hydrogen (secondary N) is 1. The first-order valence-corrected chi connectivity index (χ1v) is 11.9. The average Bonchev–Trinajstić information content (AvgIpc) is 2.73. The van der Waals surface area contributed by atoms with Gasteiger partial charge in [-0.05, 0) is 24.1 Å². The van der Waals surface area contributed by atoms with Crippen molar-refractivity contribution in [1.29, 1.82) is 0 Å². The lowest BCUT2D eigenvalue weighted by Crippen LogP contribution is -2.10. The van der Waals surface area contributed by atoms with Crippen LogP contribution >= 0.6 is 0 Å². The van der Waals surface area contributed by atoms with E-state index < -0.39 is 0 Å². The van der Waals surface area contributed by atoms with E-state index in [-0.39, 0.29) is 25.6 Å². The van der Waals surface area contributed by atoms with Gasteiger partial charge in [0.15, 0.2) is 0 Å². The summed E-state index contributed by atoms with van der Waals surface area (Å²) in [6.07, 6.45) is 17.2. The van der Waals surface area contributed by atoms with Gasteiger partial charge in [-0.2, -0.15) is 0 Å². The highest BCUT2D eigenvalue weighted by molar-refractivity contribution is 5.72. The fourth-order valence-corrected chi connectivity index (χ4v) is 3.41. The van der Waals surface area contributed by atoms with Crippen molar-refractivity contribution in [2.75, 3.05) is 25.1 Å². The first-order chi connectivity index (χ1) is 14.3. The SMILES string of the molecule is CCCCCCCCCCCCCCNc1ccc(CC(=O)OCCCO)cc1. The van der Waals surface area contributed by atoms with Crippen LogP contribution in [-0.2, 0) is 16.0 Å². The molecule has 166 valence electrons. The summed E-state index contributed by atoms with van der Waals surface area (Å²) in [4.78, 5) is 11.7. The zero-order valence-electron chi connectivity index (χ0n) is 18.6. The van der Waals surface area contributed by atoms with Gasteiger partial charge in [0.25, 0.3) is 0 Å². The van der Waals surface area contributed by atoms with Gasteiger partial charge in [0.1, 0.15) is 0 Å². The summed E-state index contributed by atoms with van der Waals surface area (Å²) < 4.78 is 5.05. The molecule has 0 saturated heterocycles. The Morgan fingerprint density at radius 2 is 1.38 bits per heavy atom. The van der Waals surface area contributed by atoms with E-state index >= 15 is 0 Å². The lowest BCUT2D eigenvalue weighted by Gasteiger charge is -2.08. The number of benzene rings is 1. The molecule has 0 aliphatic heterocycles. The molecule has 0 bridgehead atoms. The lowest BCUT2D eigenvalue weighted by molar-refractivity contribution is -0.143. The van der Waals surface area contributed by atoms with Gasteiger partial charge in [0.05, 0.1) is 13.0 Å². The van der Waals surface area contributed by atoms with Crippen molar-refractivity contribution in [1.82, 2.24) is 0 Å². The number of hydrogen-bond acceptors (Lipinski definition) is 4. The molecular formula is C25H43NO3. The predicted octanol–water partition coefficient (Wildman–Crippen LogP) is 6.27. The maximum atomic E-state index is 11.7. The number of unbranched alkanes of at least 4 members (excludes halogenated alkanes) is 11. The van der Waals surface area contributed by atoms with E-state index in [0.29, 0.717) is 6.42 Å². The maximum Gasteiger partial charge on any atom is 0.310 e. The van der Waals surface area contributed by atoms with E-state index in [1.54, 1.807) is 0 Å². The van der Waals surface area contributed by atoms with Gasteiger partial charge in [0.2, 0.25) is 0 Å². The predicted molar refractivity (Wildman–Crippen MR) is 122 cm³/mol. The van der Waals surface area contributed by atoms with Gasteiger partial charge >= 0.3 is 5.97 Å². The van der Waals surface area contributed by atoms with Crippen LogP contribution in [0.5, 0.6) is 0 Å². The van der Waals surface area contributed by atoms with Crippen LogP contribution in [-0.4, -0.2) is 30.8 Å². The molecule has 0 aliphatic rings. The van der Waals surface area contributed by atoms with Crippen molar-refractivity contribution < 1.29 is 14.6 Å². The summed E-state index contributed by atoms with van der Waals surface area (Å²) in [5, 5.41) is 12.2. The van der Waals surface area contributed by atoms with E-state index in [0.717, 1.165) is 17.8 Å². The van der Waals surface area contributed by atoms with Gasteiger partial charge in [-0.25, -0.2) is 0 Å². The Morgan fingerprint density at radius 3 is 1.93 bits per heavy atom. The molecule has 0 heterocycles. The minimum absolute atomic E-state index is 0.0485. The molecule has 1 rings (SSSR count). The molecule has 1 aromatic rings. The molecule has 0 saturated carbocycles. The number of carbonyl (C=O) groups is 1. The van der Waals surface area contributed by atoms with E-state index in [1.165, 1.54) is 77.0 Å². The third-order valence-electron chi connectivity index (χ3n) is 5.23. The third-order valence-corrected chi connectivity index (χ3v) is 5.23. The number of aliphatic hydroxyl groups is 1. The number of rotatable bonds is 19. The average molecular weight is 406 g/mol. The second-order valence-corrected chi connectivity index (χ2v) is 7.99. The fourth-order valence-electron chi connectivity index (χ4n) is 3.41. The van der Waals surface area contributed by atoms with Crippen molar-refractivity contribution in [2.45, 2.75) is 96.8 Å². The number of aliphatic hydroxyl groups excluding tert-OH is 1. The highest BCUT2D eigenvalue weighted by atomic mass is 16.5. The van der Waals surface area contributed by atoms with Crippen molar-refractivity contribution in [3.8, 4) is 0 Å². The number of carbonyl (C=O) groups excluding carboxylic acids is 1. The Bertz CT molecular complexity index is 501. The molecule has 2 N–H and O–H groups in total. The van der Waals surface area contributed by atoms with Gasteiger partial charge in [0, 0.05) is 25.3 Å². The number of anilines is 1. The van der Waals surface area contributed by atoms with Crippen molar-refractivity contribution in [3.63, 3.8) is 0 Å². The summed E-state index contributed by atoms with van der Waals surface area (Å²) in [7, 11) is 0. The second kappa shape index (κ2) is 18.5. The highest BCUT2D eigenvalue weighted by Crippen LogP contribution is 2.13. The first-order valence-electron chi connectivity index (χ1n) is 11.9. The Balaban J connectivity index is 1.96. The molecule has 0 unspecified atom stereocenters. The minimum Gasteiger partial charge on any atom is -0.465 e. The molecule has 1 aromatic carbocycles. The van der Waals surface area contributed by atoms with Gasteiger partial charge < -0.3 is 15.2 Å². The Labute approximate surface area is 178 Å². The van der Waals surface area contributed by atoms with Gasteiger partial charge in [-0.15, -0.1) is 0 Å². The molecule has 4 heteroatoms. The van der Waals surface area contributed by atoms with E-state index in [2.05, 4.69) is 12.2 Å². The Kier molecular flexibility index (Phi) is 16.2. The molecule has 4 nitrogen and oxygen atoms in total. The molecule has 0 aromatic heterocycles. The summed E-state index contributed by atoms with van der Waals surface area (Å²) >= 11 is 0. The Hall–Kier alpha value is -1.55.